The number of piperazine rings is 1. The minimum atomic E-state index is 0.419. The SMILES string of the molecule is COc1cc(C)c(C2CNCCN2)cc1C(C)C. The Labute approximate surface area is 110 Å². The lowest BCUT2D eigenvalue weighted by Crippen LogP contribution is -2.42. The predicted octanol–water partition coefficient (Wildman–Crippen LogP) is 2.36. The molecule has 0 radical (unpaired) electrons. The van der Waals surface area contributed by atoms with Crippen molar-refractivity contribution in [2.24, 2.45) is 0 Å². The van der Waals surface area contributed by atoms with Crippen LogP contribution in [0.3, 0.4) is 0 Å². The minimum Gasteiger partial charge on any atom is -0.496 e. The predicted molar refractivity (Wildman–Crippen MR) is 75.4 cm³/mol. The van der Waals surface area contributed by atoms with Gasteiger partial charge in [-0.1, -0.05) is 13.8 Å². The van der Waals surface area contributed by atoms with Gasteiger partial charge in [-0.25, -0.2) is 0 Å². The molecule has 100 valence electrons. The summed E-state index contributed by atoms with van der Waals surface area (Å²) in [4.78, 5) is 0. The monoisotopic (exact) mass is 248 g/mol. The molecule has 1 fully saturated rings. The van der Waals surface area contributed by atoms with Crippen LogP contribution < -0.4 is 15.4 Å². The fourth-order valence-electron chi connectivity index (χ4n) is 2.59. The van der Waals surface area contributed by atoms with Gasteiger partial charge in [0, 0.05) is 25.7 Å². The first-order valence-corrected chi connectivity index (χ1v) is 6.76. The molecule has 1 aromatic carbocycles. The third kappa shape index (κ3) is 2.68. The topological polar surface area (TPSA) is 33.3 Å². The zero-order valence-electron chi connectivity index (χ0n) is 11.8. The highest BCUT2D eigenvalue weighted by molar-refractivity contribution is 5.45. The van der Waals surface area contributed by atoms with Crippen LogP contribution in [0.2, 0.25) is 0 Å². The maximum Gasteiger partial charge on any atom is 0.122 e. The van der Waals surface area contributed by atoms with Crippen molar-refractivity contribution in [1.82, 2.24) is 10.6 Å². The standard InChI is InChI=1S/C15H24N2O/c1-10(2)12-8-13(11(3)7-15(12)18-4)14-9-16-5-6-17-14/h7-8,10,14,16-17H,5-6,9H2,1-4H3. The molecule has 0 spiro atoms. The fourth-order valence-corrected chi connectivity index (χ4v) is 2.59. The second-order valence-corrected chi connectivity index (χ2v) is 5.32. The third-order valence-electron chi connectivity index (χ3n) is 3.66. The van der Waals surface area contributed by atoms with Gasteiger partial charge in [0.2, 0.25) is 0 Å². The van der Waals surface area contributed by atoms with Crippen LogP contribution in [0.15, 0.2) is 12.1 Å². The van der Waals surface area contributed by atoms with E-state index in [9.17, 15) is 0 Å². The van der Waals surface area contributed by atoms with Crippen LogP contribution in [-0.2, 0) is 0 Å². The summed E-state index contributed by atoms with van der Waals surface area (Å²) < 4.78 is 5.49. The van der Waals surface area contributed by atoms with Crippen molar-refractivity contribution < 1.29 is 4.74 Å². The van der Waals surface area contributed by atoms with Gasteiger partial charge in [0.15, 0.2) is 0 Å². The highest BCUT2D eigenvalue weighted by atomic mass is 16.5. The van der Waals surface area contributed by atoms with E-state index in [1.807, 2.05) is 0 Å². The van der Waals surface area contributed by atoms with Gasteiger partial charge in [-0.3, -0.25) is 0 Å². The molecule has 0 amide bonds. The third-order valence-corrected chi connectivity index (χ3v) is 3.66. The first-order chi connectivity index (χ1) is 8.63. The quantitative estimate of drug-likeness (QED) is 0.861. The van der Waals surface area contributed by atoms with Gasteiger partial charge < -0.3 is 15.4 Å². The Morgan fingerprint density at radius 1 is 1.28 bits per heavy atom. The van der Waals surface area contributed by atoms with Crippen LogP contribution in [0.4, 0.5) is 0 Å². The van der Waals surface area contributed by atoms with E-state index in [2.05, 4.69) is 43.5 Å². The molecule has 1 aliphatic heterocycles. The van der Waals surface area contributed by atoms with Crippen molar-refractivity contribution in [2.45, 2.75) is 32.7 Å². The molecule has 2 N–H and O–H groups in total. The maximum absolute atomic E-state index is 5.49. The van der Waals surface area contributed by atoms with Crippen LogP contribution in [0, 0.1) is 6.92 Å². The van der Waals surface area contributed by atoms with E-state index in [-0.39, 0.29) is 0 Å². The van der Waals surface area contributed by atoms with Crippen molar-refractivity contribution in [1.29, 1.82) is 0 Å². The van der Waals surface area contributed by atoms with Crippen molar-refractivity contribution in [3.63, 3.8) is 0 Å². The number of benzene rings is 1. The Morgan fingerprint density at radius 3 is 2.61 bits per heavy atom. The average molecular weight is 248 g/mol. The van der Waals surface area contributed by atoms with Gasteiger partial charge in [0.25, 0.3) is 0 Å². The highest BCUT2D eigenvalue weighted by Gasteiger charge is 2.19. The number of hydrogen-bond acceptors (Lipinski definition) is 3. The lowest BCUT2D eigenvalue weighted by Gasteiger charge is -2.27. The van der Waals surface area contributed by atoms with Crippen LogP contribution in [0.5, 0.6) is 5.75 Å². The summed E-state index contributed by atoms with van der Waals surface area (Å²) >= 11 is 0. The largest absolute Gasteiger partial charge is 0.496 e. The summed E-state index contributed by atoms with van der Waals surface area (Å²) in [6, 6.07) is 4.90. The molecule has 0 aromatic heterocycles. The molecule has 0 saturated carbocycles. The number of methoxy groups -OCH3 is 1. The zero-order valence-corrected chi connectivity index (χ0v) is 11.8. The van der Waals surface area contributed by atoms with Crippen LogP contribution in [0.25, 0.3) is 0 Å². The van der Waals surface area contributed by atoms with Gasteiger partial charge in [-0.05, 0) is 41.7 Å². The summed E-state index contributed by atoms with van der Waals surface area (Å²) in [7, 11) is 1.75. The Hall–Kier alpha value is -1.06. The van der Waals surface area contributed by atoms with Gasteiger partial charge in [-0.15, -0.1) is 0 Å². The van der Waals surface area contributed by atoms with Crippen molar-refractivity contribution in [3.05, 3.63) is 28.8 Å². The minimum absolute atomic E-state index is 0.419. The lowest BCUT2D eigenvalue weighted by molar-refractivity contribution is 0.404. The first kappa shape index (κ1) is 13.4. The smallest absolute Gasteiger partial charge is 0.122 e. The zero-order chi connectivity index (χ0) is 13.1. The molecule has 18 heavy (non-hydrogen) atoms. The van der Waals surface area contributed by atoms with E-state index in [0.29, 0.717) is 12.0 Å². The number of nitrogens with one attached hydrogen (secondary N) is 2. The Morgan fingerprint density at radius 2 is 2.06 bits per heavy atom. The second kappa shape index (κ2) is 5.72. The summed E-state index contributed by atoms with van der Waals surface area (Å²) in [6.07, 6.45) is 0. The molecule has 0 bridgehead atoms. The van der Waals surface area contributed by atoms with Crippen LogP contribution in [-0.4, -0.2) is 26.7 Å². The number of rotatable bonds is 3. The Balaban J connectivity index is 2.37. The molecular formula is C15H24N2O. The Bertz CT molecular complexity index is 409. The summed E-state index contributed by atoms with van der Waals surface area (Å²) in [5, 5.41) is 7.02. The number of hydrogen-bond donors (Lipinski definition) is 2. The van der Waals surface area contributed by atoms with E-state index in [0.717, 1.165) is 25.4 Å². The summed E-state index contributed by atoms with van der Waals surface area (Å²) in [6.45, 7) is 9.69. The molecule has 1 atom stereocenters. The van der Waals surface area contributed by atoms with Crippen LogP contribution in [0.1, 0.15) is 42.5 Å². The molecule has 1 unspecified atom stereocenters. The number of ether oxygens (including phenoxy) is 1. The van der Waals surface area contributed by atoms with Crippen molar-refractivity contribution in [3.8, 4) is 5.75 Å². The van der Waals surface area contributed by atoms with Gasteiger partial charge in [0.1, 0.15) is 5.75 Å². The molecule has 2 rings (SSSR count). The molecule has 1 heterocycles. The van der Waals surface area contributed by atoms with Crippen molar-refractivity contribution in [2.75, 3.05) is 26.7 Å². The van der Waals surface area contributed by atoms with Crippen molar-refractivity contribution >= 4 is 0 Å². The van der Waals surface area contributed by atoms with Gasteiger partial charge >= 0.3 is 0 Å². The molecule has 1 saturated heterocycles. The molecule has 3 heteroatoms. The normalized spacial score (nSPS) is 20.2. The van der Waals surface area contributed by atoms with E-state index in [4.69, 9.17) is 4.74 Å². The van der Waals surface area contributed by atoms with E-state index in [1.54, 1.807) is 7.11 Å². The first-order valence-electron chi connectivity index (χ1n) is 6.76. The second-order valence-electron chi connectivity index (χ2n) is 5.32. The van der Waals surface area contributed by atoms with Gasteiger partial charge in [-0.2, -0.15) is 0 Å². The average Bonchev–Trinajstić information content (AvgIpc) is 2.39. The molecule has 1 aromatic rings. The van der Waals surface area contributed by atoms with E-state index in [1.165, 1.54) is 16.7 Å². The Kier molecular flexibility index (Phi) is 4.25. The molecule has 1 aliphatic rings. The highest BCUT2D eigenvalue weighted by Crippen LogP contribution is 2.32. The fraction of sp³-hybridized carbons (Fsp3) is 0.600. The van der Waals surface area contributed by atoms with Crippen LogP contribution >= 0.6 is 0 Å². The molecule has 0 aliphatic carbocycles. The summed E-state index contributed by atoms with van der Waals surface area (Å²) in [5.41, 5.74) is 4.00. The maximum atomic E-state index is 5.49. The summed E-state index contributed by atoms with van der Waals surface area (Å²) in [5.74, 6) is 1.49. The number of aryl methyl sites for hydroxylation is 1. The lowest BCUT2D eigenvalue weighted by atomic mass is 9.92. The van der Waals surface area contributed by atoms with E-state index < -0.39 is 0 Å². The molecule has 3 nitrogen and oxygen atoms in total. The molecular weight excluding hydrogens is 224 g/mol. The van der Waals surface area contributed by atoms with Gasteiger partial charge in [0.05, 0.1) is 7.11 Å². The van der Waals surface area contributed by atoms with E-state index >= 15 is 0 Å².